The summed E-state index contributed by atoms with van der Waals surface area (Å²) in [4.78, 5) is 7.23. The highest BCUT2D eigenvalue weighted by atomic mass is 32.1. The molecule has 2 rings (SSSR count). The van der Waals surface area contributed by atoms with Crippen molar-refractivity contribution in [3.05, 3.63) is 21.4 Å². The maximum absolute atomic E-state index is 4.39. The van der Waals surface area contributed by atoms with Crippen LogP contribution in [0, 0.1) is 13.8 Å². The summed E-state index contributed by atoms with van der Waals surface area (Å²) in [5, 5.41) is 3.40. The largest absolute Gasteiger partial charge is 0.369 e. The van der Waals surface area contributed by atoms with Crippen molar-refractivity contribution in [2.24, 2.45) is 4.99 Å². The summed E-state index contributed by atoms with van der Waals surface area (Å²) < 4.78 is 0. The van der Waals surface area contributed by atoms with E-state index < -0.39 is 0 Å². The van der Waals surface area contributed by atoms with Gasteiger partial charge in [-0.1, -0.05) is 0 Å². The Balaban J connectivity index is 1.91. The van der Waals surface area contributed by atoms with Crippen LogP contribution in [0.5, 0.6) is 0 Å². The van der Waals surface area contributed by atoms with Crippen LogP contribution in [0.1, 0.15) is 28.2 Å². The SMILES string of the molecule is Cc1cc(CNC2=NCCC2)sc1C. The Labute approximate surface area is 89.1 Å². The van der Waals surface area contributed by atoms with Crippen molar-refractivity contribution >= 4 is 17.2 Å². The fourth-order valence-electron chi connectivity index (χ4n) is 1.61. The molecular formula is C11H16N2S. The van der Waals surface area contributed by atoms with E-state index in [1.165, 1.54) is 27.6 Å². The van der Waals surface area contributed by atoms with Crippen LogP contribution in [-0.4, -0.2) is 12.4 Å². The summed E-state index contributed by atoms with van der Waals surface area (Å²) in [7, 11) is 0. The molecule has 0 saturated carbocycles. The van der Waals surface area contributed by atoms with E-state index >= 15 is 0 Å². The number of nitrogens with zero attached hydrogens (tertiary/aromatic N) is 1. The summed E-state index contributed by atoms with van der Waals surface area (Å²) in [6.07, 6.45) is 2.34. The number of thiophene rings is 1. The van der Waals surface area contributed by atoms with E-state index in [2.05, 4.69) is 30.2 Å². The van der Waals surface area contributed by atoms with E-state index in [0.717, 1.165) is 19.5 Å². The van der Waals surface area contributed by atoms with E-state index in [9.17, 15) is 0 Å². The van der Waals surface area contributed by atoms with Crippen molar-refractivity contribution in [2.45, 2.75) is 33.2 Å². The monoisotopic (exact) mass is 208 g/mol. The molecule has 0 spiro atoms. The summed E-state index contributed by atoms with van der Waals surface area (Å²) >= 11 is 1.88. The van der Waals surface area contributed by atoms with E-state index in [1.807, 2.05) is 11.3 Å². The fraction of sp³-hybridized carbons (Fsp3) is 0.545. The zero-order chi connectivity index (χ0) is 9.97. The minimum atomic E-state index is 0.943. The predicted octanol–water partition coefficient (Wildman–Crippen LogP) is 2.65. The first kappa shape index (κ1) is 9.71. The highest BCUT2D eigenvalue weighted by Gasteiger charge is 2.06. The molecule has 1 aromatic rings. The van der Waals surface area contributed by atoms with Gasteiger partial charge in [0, 0.05) is 22.7 Å². The molecule has 0 radical (unpaired) electrons. The Kier molecular flexibility index (Phi) is 2.87. The van der Waals surface area contributed by atoms with E-state index in [4.69, 9.17) is 0 Å². The molecule has 0 bridgehead atoms. The molecule has 0 saturated heterocycles. The molecule has 1 aliphatic rings. The molecule has 1 aromatic heterocycles. The Morgan fingerprint density at radius 2 is 2.36 bits per heavy atom. The number of hydrogen-bond donors (Lipinski definition) is 1. The van der Waals surface area contributed by atoms with Crippen LogP contribution in [0.3, 0.4) is 0 Å². The van der Waals surface area contributed by atoms with Gasteiger partial charge in [-0.05, 0) is 31.9 Å². The summed E-state index contributed by atoms with van der Waals surface area (Å²) in [6.45, 7) is 6.29. The first-order chi connectivity index (χ1) is 6.75. The van der Waals surface area contributed by atoms with Crippen LogP contribution in [0.4, 0.5) is 0 Å². The Bertz CT molecular complexity index is 333. The van der Waals surface area contributed by atoms with E-state index in [-0.39, 0.29) is 0 Å². The van der Waals surface area contributed by atoms with Gasteiger partial charge >= 0.3 is 0 Å². The molecule has 2 heterocycles. The highest BCUT2D eigenvalue weighted by Crippen LogP contribution is 2.20. The Morgan fingerprint density at radius 3 is 2.93 bits per heavy atom. The lowest BCUT2D eigenvalue weighted by Crippen LogP contribution is -2.19. The second kappa shape index (κ2) is 4.13. The average Bonchev–Trinajstić information content (AvgIpc) is 2.74. The normalized spacial score (nSPS) is 15.7. The molecule has 76 valence electrons. The number of rotatable bonds is 2. The number of aliphatic imine (C=N–C) groups is 1. The van der Waals surface area contributed by atoms with Crippen molar-refractivity contribution in [2.75, 3.05) is 6.54 Å². The predicted molar refractivity (Wildman–Crippen MR) is 62.2 cm³/mol. The van der Waals surface area contributed by atoms with Gasteiger partial charge in [-0.2, -0.15) is 0 Å². The van der Waals surface area contributed by atoms with Crippen LogP contribution in [-0.2, 0) is 6.54 Å². The number of hydrogen-bond acceptors (Lipinski definition) is 3. The van der Waals surface area contributed by atoms with Gasteiger partial charge in [-0.15, -0.1) is 11.3 Å². The quantitative estimate of drug-likeness (QED) is 0.794. The fourth-order valence-corrected chi connectivity index (χ4v) is 2.60. The Morgan fingerprint density at radius 1 is 1.50 bits per heavy atom. The second-order valence-electron chi connectivity index (χ2n) is 3.74. The van der Waals surface area contributed by atoms with Crippen molar-refractivity contribution in [1.29, 1.82) is 0 Å². The third-order valence-electron chi connectivity index (χ3n) is 2.56. The van der Waals surface area contributed by atoms with E-state index in [0.29, 0.717) is 0 Å². The second-order valence-corrected chi connectivity index (χ2v) is 5.08. The average molecular weight is 208 g/mol. The standard InChI is InChI=1S/C11H16N2S/c1-8-6-10(14-9(8)2)7-13-11-4-3-5-12-11/h6H,3-5,7H2,1-2H3,(H,12,13). The highest BCUT2D eigenvalue weighted by molar-refractivity contribution is 7.12. The molecule has 0 aliphatic carbocycles. The maximum Gasteiger partial charge on any atom is 0.0966 e. The molecule has 0 amide bonds. The van der Waals surface area contributed by atoms with Crippen LogP contribution in [0.2, 0.25) is 0 Å². The van der Waals surface area contributed by atoms with Crippen molar-refractivity contribution in [3.8, 4) is 0 Å². The Hall–Kier alpha value is -0.830. The van der Waals surface area contributed by atoms with Gasteiger partial charge in [0.05, 0.1) is 12.4 Å². The number of amidine groups is 1. The van der Waals surface area contributed by atoms with Gasteiger partial charge in [-0.3, -0.25) is 4.99 Å². The zero-order valence-corrected chi connectivity index (χ0v) is 9.58. The number of nitrogens with one attached hydrogen (secondary N) is 1. The summed E-state index contributed by atoms with van der Waals surface area (Å²) in [6, 6.07) is 2.27. The van der Waals surface area contributed by atoms with Crippen molar-refractivity contribution < 1.29 is 0 Å². The van der Waals surface area contributed by atoms with Gasteiger partial charge in [-0.25, -0.2) is 0 Å². The third-order valence-corrected chi connectivity index (χ3v) is 3.71. The topological polar surface area (TPSA) is 24.4 Å². The van der Waals surface area contributed by atoms with Gasteiger partial charge in [0.2, 0.25) is 0 Å². The third kappa shape index (κ3) is 2.15. The van der Waals surface area contributed by atoms with Gasteiger partial charge in [0.1, 0.15) is 0 Å². The summed E-state index contributed by atoms with van der Waals surface area (Å²) in [5.74, 6) is 1.19. The maximum atomic E-state index is 4.39. The molecule has 0 atom stereocenters. The van der Waals surface area contributed by atoms with Crippen LogP contribution < -0.4 is 5.32 Å². The molecule has 0 unspecified atom stereocenters. The van der Waals surface area contributed by atoms with Crippen molar-refractivity contribution in [3.63, 3.8) is 0 Å². The van der Waals surface area contributed by atoms with Crippen LogP contribution in [0.15, 0.2) is 11.1 Å². The minimum Gasteiger partial charge on any atom is -0.369 e. The lowest BCUT2D eigenvalue weighted by molar-refractivity contribution is 0.901. The zero-order valence-electron chi connectivity index (χ0n) is 8.76. The molecule has 3 heteroatoms. The molecular weight excluding hydrogens is 192 g/mol. The molecule has 0 fully saturated rings. The van der Waals surface area contributed by atoms with Crippen LogP contribution in [0.25, 0.3) is 0 Å². The van der Waals surface area contributed by atoms with Gasteiger partial charge in [0.25, 0.3) is 0 Å². The first-order valence-electron chi connectivity index (χ1n) is 5.09. The lowest BCUT2D eigenvalue weighted by atomic mass is 10.3. The molecule has 1 aliphatic heterocycles. The van der Waals surface area contributed by atoms with Crippen LogP contribution >= 0.6 is 11.3 Å². The smallest absolute Gasteiger partial charge is 0.0966 e. The first-order valence-corrected chi connectivity index (χ1v) is 5.90. The number of aryl methyl sites for hydroxylation is 2. The lowest BCUT2D eigenvalue weighted by Gasteiger charge is -2.02. The molecule has 14 heavy (non-hydrogen) atoms. The van der Waals surface area contributed by atoms with Crippen molar-refractivity contribution in [1.82, 2.24) is 5.32 Å². The minimum absolute atomic E-state index is 0.943. The van der Waals surface area contributed by atoms with E-state index in [1.54, 1.807) is 0 Å². The summed E-state index contributed by atoms with van der Waals surface area (Å²) in [5.41, 5.74) is 1.40. The molecule has 0 aromatic carbocycles. The molecule has 2 nitrogen and oxygen atoms in total. The van der Waals surface area contributed by atoms with Gasteiger partial charge < -0.3 is 5.32 Å². The molecule has 1 N–H and O–H groups in total. The van der Waals surface area contributed by atoms with Gasteiger partial charge in [0.15, 0.2) is 0 Å².